The van der Waals surface area contributed by atoms with E-state index in [0.717, 1.165) is 33.3 Å². The summed E-state index contributed by atoms with van der Waals surface area (Å²) in [5.41, 5.74) is -8.04. The van der Waals surface area contributed by atoms with Crippen molar-refractivity contribution in [3.05, 3.63) is 58.6 Å². The van der Waals surface area contributed by atoms with Crippen LogP contribution in [0, 0.1) is 16.0 Å². The van der Waals surface area contributed by atoms with E-state index in [1.54, 1.807) is 62.3 Å². The van der Waals surface area contributed by atoms with E-state index >= 15 is 0 Å². The minimum Gasteiger partial charge on any atom is -0.491 e. The Morgan fingerprint density at radius 1 is 0.883 bits per heavy atom. The van der Waals surface area contributed by atoms with Crippen molar-refractivity contribution in [2.24, 2.45) is 5.92 Å². The molecule has 0 spiro atoms. The quantitative estimate of drug-likeness (QED) is 0.0608. The molecule has 77 heavy (non-hydrogen) atoms. The Kier molecular flexibility index (Phi) is 18.7. The third kappa shape index (κ3) is 15.5. The summed E-state index contributed by atoms with van der Waals surface area (Å²) in [6, 6.07) is -0.842. The van der Waals surface area contributed by atoms with Crippen molar-refractivity contribution in [1.29, 1.82) is 0 Å². The molecule has 28 heteroatoms. The first-order chi connectivity index (χ1) is 35.2. The highest BCUT2D eigenvalue weighted by Crippen LogP contribution is 2.40. The van der Waals surface area contributed by atoms with Gasteiger partial charge in [0.15, 0.2) is 16.8 Å². The normalized spacial score (nSPS) is 28.5. The van der Waals surface area contributed by atoms with Gasteiger partial charge in [0, 0.05) is 32.1 Å². The number of hydrogen-bond acceptors (Lipinski definition) is 20. The van der Waals surface area contributed by atoms with E-state index in [-0.39, 0.29) is 17.9 Å². The number of aliphatic hydroxyl groups is 4. The predicted octanol–water partition coefficient (Wildman–Crippen LogP) is 2.35. The van der Waals surface area contributed by atoms with Crippen LogP contribution in [0.5, 0.6) is 0 Å². The molecule has 3 aliphatic heterocycles. The third-order valence-corrected chi connectivity index (χ3v) is 14.5. The zero-order chi connectivity index (χ0) is 58.1. The van der Waals surface area contributed by atoms with Gasteiger partial charge in [-0.05, 0) is 101 Å². The van der Waals surface area contributed by atoms with Gasteiger partial charge < -0.3 is 79.3 Å². The van der Waals surface area contributed by atoms with E-state index in [4.69, 9.17) is 33.2 Å². The molecule has 27 nitrogen and oxygen atoms in total. The van der Waals surface area contributed by atoms with Crippen molar-refractivity contribution < 1.29 is 90.9 Å². The van der Waals surface area contributed by atoms with Gasteiger partial charge in [-0.15, -0.1) is 0 Å². The molecule has 1 saturated carbocycles. The average Bonchev–Trinajstić information content (AvgIpc) is 3.25. The first kappa shape index (κ1) is 62.0. The summed E-state index contributed by atoms with van der Waals surface area (Å²) in [7, 11) is -2.20. The molecular weight excluding hydrogens is 1040 g/mol. The predicted molar refractivity (Wildman–Crippen MR) is 270 cm³/mol. The fourth-order valence-electron chi connectivity index (χ4n) is 9.35. The van der Waals surface area contributed by atoms with Gasteiger partial charge in [-0.25, -0.2) is 27.6 Å². The number of carbonyl (C=O) groups excluding carboxylic acids is 5. The largest absolute Gasteiger partial charge is 0.491 e. The number of carbonyl (C=O) groups is 5. The second kappa shape index (κ2) is 23.2. The Balaban J connectivity index is 1.62. The molecule has 5 amide bonds. The van der Waals surface area contributed by atoms with Gasteiger partial charge in [0.25, 0.3) is 11.6 Å². The van der Waals surface area contributed by atoms with Gasteiger partial charge in [-0.3, -0.25) is 14.9 Å². The van der Waals surface area contributed by atoms with E-state index in [9.17, 15) is 62.9 Å². The van der Waals surface area contributed by atoms with E-state index in [0.29, 0.717) is 0 Å². The van der Waals surface area contributed by atoms with E-state index in [2.05, 4.69) is 22.5 Å². The number of nitrogens with one attached hydrogen (secondary N) is 3. The smallest absolute Gasteiger partial charge is 0.415 e. The molecule has 0 bridgehead atoms. The zero-order valence-electron chi connectivity index (χ0n) is 45.6. The first-order valence-corrected chi connectivity index (χ1v) is 26.2. The molecule has 0 aromatic heterocycles. The average molecular weight is 1110 g/mol. The number of hydrogen-bond donors (Lipinski definition) is 7. The number of nitrogens with zero attached hydrogens (tertiary/aromatic N) is 4. The Labute approximate surface area is 447 Å². The number of alkyl carbamates (subject to hydrolysis) is 2. The lowest BCUT2D eigenvalue weighted by atomic mass is 9.72. The highest BCUT2D eigenvalue weighted by molar-refractivity contribution is 7.89. The van der Waals surface area contributed by atoms with Gasteiger partial charge in [0.2, 0.25) is 10.0 Å². The summed E-state index contributed by atoms with van der Waals surface area (Å²) in [5, 5.41) is 68.3. The summed E-state index contributed by atoms with van der Waals surface area (Å²) < 4.78 is 69.4. The molecule has 0 radical (unpaired) electrons. The van der Waals surface area contributed by atoms with Crippen LogP contribution >= 0.6 is 0 Å². The van der Waals surface area contributed by atoms with E-state index in [1.807, 2.05) is 0 Å². The number of likely N-dealkylation sites (N-methyl/N-ethyl adjacent to an activating group) is 2. The van der Waals surface area contributed by atoms with Crippen molar-refractivity contribution in [1.82, 2.24) is 30.1 Å². The molecule has 5 rings (SSSR count). The molecule has 1 aliphatic carbocycles. The lowest BCUT2D eigenvalue weighted by molar-refractivity contribution is -0.387. The van der Waals surface area contributed by atoms with Crippen LogP contribution < -0.4 is 16.0 Å². The lowest BCUT2D eigenvalue weighted by Gasteiger charge is -2.52. The highest BCUT2D eigenvalue weighted by atomic mass is 32.2. The van der Waals surface area contributed by atoms with Crippen molar-refractivity contribution in [3.8, 4) is 0 Å². The molecule has 2 saturated heterocycles. The number of β-amino-alcohol motifs (C(OH)–C–C–N with tert-alkyl or cyclic N) is 1. The number of rotatable bonds is 14. The summed E-state index contributed by atoms with van der Waals surface area (Å²) >= 11 is 0. The Morgan fingerprint density at radius 3 is 1.99 bits per heavy atom. The van der Waals surface area contributed by atoms with Crippen molar-refractivity contribution in [2.45, 2.75) is 177 Å². The van der Waals surface area contributed by atoms with Crippen LogP contribution in [0.2, 0.25) is 0 Å². The van der Waals surface area contributed by atoms with Crippen LogP contribution in [0.15, 0.2) is 53.3 Å². The van der Waals surface area contributed by atoms with Crippen LogP contribution in [0.3, 0.4) is 0 Å². The molecule has 11 atom stereocenters. The molecule has 432 valence electrons. The molecule has 1 unspecified atom stereocenters. The number of likely N-dealkylation sites (tertiary alicyclic amines) is 1. The Bertz CT molecular complexity index is 2530. The maximum Gasteiger partial charge on any atom is 0.415 e. The van der Waals surface area contributed by atoms with Crippen LogP contribution in [-0.4, -0.2) is 201 Å². The standard InChI is InChI=1S/C49H75N7O20S/c1-26(2)71-44(63)55-23-49(65,24-55)40(59)50-30-21-29(52-42(61)75-46(6,7)8)33(34(57)37(30)73-39-35(58)38(48(12,64)25-70-39)54(14)43(62)76-47(9,10)11)36-28(51-41(60)74-45(3,4)5)20-19-27(72-36)22-53(13)77(68,69)32-18-16-15-17-31(32)56(66)67/h15-19,28-30,33-39,57-58,64-65H,1,20-25H2,2-14H3,(H,50,59)(H,51,60)(H,52,61)/t28-,29+,30-,33?,34+,35-,36+,37+,38-,39-,48+/m1/s1. The van der Waals surface area contributed by atoms with Gasteiger partial charge in [-0.2, -0.15) is 4.31 Å². The number of benzene rings is 1. The van der Waals surface area contributed by atoms with Gasteiger partial charge in [0.05, 0.1) is 61.2 Å². The van der Waals surface area contributed by atoms with Crippen molar-refractivity contribution in [3.63, 3.8) is 0 Å². The Morgan fingerprint density at radius 2 is 1.44 bits per heavy atom. The number of aliphatic hydroxyl groups excluding tert-OH is 2. The SMILES string of the molecule is C=C(C)OC(=O)N1CC(O)(C(=O)N[C@@H]2C[C@H](NC(=O)OC(C)(C)C)C([C@H]3OC(CN(C)S(=O)(=O)c4ccccc4[N+](=O)[O-])=CC[C@H]3NC(=O)OC(C)(C)C)[C@H](O)[C@H]2O[C@H]2OC[C@](C)(O)[C@H](N(C)C(=O)OC(C)(C)C)[C@H]2O)C1. The Hall–Kier alpha value is -5.88. The number of para-hydroxylation sites is 1. The second-order valence-corrected chi connectivity index (χ2v) is 25.0. The number of amides is 5. The second-order valence-electron chi connectivity index (χ2n) is 23.0. The topological polar surface area (TPSA) is 354 Å². The van der Waals surface area contributed by atoms with E-state index in [1.165, 1.54) is 39.1 Å². The molecule has 4 aliphatic rings. The third-order valence-electron chi connectivity index (χ3n) is 12.6. The van der Waals surface area contributed by atoms with Gasteiger partial charge in [0.1, 0.15) is 46.5 Å². The molecule has 1 aromatic carbocycles. The molecule has 3 fully saturated rings. The van der Waals surface area contributed by atoms with Crippen LogP contribution in [0.1, 0.15) is 89.0 Å². The minimum absolute atomic E-state index is 0.0425. The molecule has 7 N–H and O–H groups in total. The highest BCUT2D eigenvalue weighted by Gasteiger charge is 2.58. The number of nitro groups is 1. The van der Waals surface area contributed by atoms with E-state index < -0.39 is 177 Å². The number of ether oxygens (including phenoxy) is 7. The summed E-state index contributed by atoms with van der Waals surface area (Å²) in [6.45, 7) is 18.4. The summed E-state index contributed by atoms with van der Waals surface area (Å²) in [6.07, 6.45) is -12.0. The first-order valence-electron chi connectivity index (χ1n) is 24.7. The van der Waals surface area contributed by atoms with Crippen LogP contribution in [-0.2, 0) is 48.0 Å². The molecular formula is C49H75N7O20S. The van der Waals surface area contributed by atoms with Crippen LogP contribution in [0.25, 0.3) is 0 Å². The van der Waals surface area contributed by atoms with Gasteiger partial charge >= 0.3 is 24.4 Å². The maximum atomic E-state index is 14.2. The lowest BCUT2D eigenvalue weighted by Crippen LogP contribution is -2.74. The minimum atomic E-state index is -4.61. The molecule has 1 aromatic rings. The fraction of sp³-hybridized carbons (Fsp3) is 0.694. The summed E-state index contributed by atoms with van der Waals surface area (Å²) in [4.78, 5) is 80.2. The van der Waals surface area contributed by atoms with Crippen molar-refractivity contribution >= 4 is 46.0 Å². The number of sulfonamides is 1. The summed E-state index contributed by atoms with van der Waals surface area (Å²) in [5.74, 6) is -2.62. The monoisotopic (exact) mass is 1110 g/mol. The zero-order valence-corrected chi connectivity index (χ0v) is 46.4. The number of allylic oxidation sites excluding steroid dienone is 1. The number of nitro benzene ring substituents is 1. The maximum absolute atomic E-state index is 14.2. The molecule has 3 heterocycles. The van der Waals surface area contributed by atoms with Crippen molar-refractivity contribution in [2.75, 3.05) is 40.3 Å². The van der Waals surface area contributed by atoms with Crippen LogP contribution in [0.4, 0.5) is 24.9 Å². The van der Waals surface area contributed by atoms with Gasteiger partial charge in [-0.1, -0.05) is 18.7 Å². The fourth-order valence-corrected chi connectivity index (χ4v) is 10.6.